The molecule has 0 aromatic heterocycles. The monoisotopic (exact) mass is 532 g/mol. The van der Waals surface area contributed by atoms with E-state index in [0.717, 1.165) is 36.1 Å². The molecule has 0 fully saturated rings. The van der Waals surface area contributed by atoms with Crippen LogP contribution in [0.3, 0.4) is 0 Å². The zero-order chi connectivity index (χ0) is 20.4. The van der Waals surface area contributed by atoms with Crippen molar-refractivity contribution in [2.45, 2.75) is 19.9 Å². The number of aliphatic imine (C=N–C) groups is 1. The number of hydrogen-bond donors (Lipinski definition) is 3. The summed E-state index contributed by atoms with van der Waals surface area (Å²) in [5.74, 6) is 1.54. The second-order valence-corrected chi connectivity index (χ2v) is 7.96. The molecule has 0 aliphatic heterocycles. The Morgan fingerprint density at radius 3 is 2.34 bits per heavy atom. The lowest BCUT2D eigenvalue weighted by atomic mass is 10.1. The van der Waals surface area contributed by atoms with Gasteiger partial charge in [0.1, 0.15) is 5.75 Å². The van der Waals surface area contributed by atoms with Gasteiger partial charge in [-0.3, -0.25) is 4.72 Å². The Bertz CT molecular complexity index is 904. The average molecular weight is 532 g/mol. The van der Waals surface area contributed by atoms with Crippen molar-refractivity contribution in [2.24, 2.45) is 4.99 Å². The number of nitrogens with zero attached hydrogens (tertiary/aromatic N) is 1. The van der Waals surface area contributed by atoms with Crippen LogP contribution < -0.4 is 20.1 Å². The van der Waals surface area contributed by atoms with E-state index in [9.17, 15) is 8.42 Å². The zero-order valence-corrected chi connectivity index (χ0v) is 20.1. The van der Waals surface area contributed by atoms with Gasteiger partial charge in [-0.25, -0.2) is 13.4 Å². The number of ether oxygens (including phenoxy) is 1. The maximum atomic E-state index is 11.5. The van der Waals surface area contributed by atoms with E-state index in [1.54, 1.807) is 19.2 Å². The van der Waals surface area contributed by atoms with Gasteiger partial charge in [-0.05, 0) is 36.6 Å². The molecule has 2 aromatic rings. The number of nitrogens with one attached hydrogen (secondary N) is 3. The topological polar surface area (TPSA) is 91.8 Å². The Morgan fingerprint density at radius 2 is 1.69 bits per heavy atom. The van der Waals surface area contributed by atoms with E-state index in [2.05, 4.69) is 20.3 Å². The lowest BCUT2D eigenvalue weighted by Crippen LogP contribution is -2.38. The molecular weight excluding hydrogens is 503 g/mol. The summed E-state index contributed by atoms with van der Waals surface area (Å²) < 4.78 is 31.0. The van der Waals surface area contributed by atoms with Gasteiger partial charge in [-0.1, -0.05) is 36.4 Å². The number of para-hydroxylation sites is 2. The molecular formula is C20H29IN4O3S. The van der Waals surface area contributed by atoms with Crippen molar-refractivity contribution in [2.75, 3.05) is 31.2 Å². The van der Waals surface area contributed by atoms with Gasteiger partial charge in [-0.2, -0.15) is 0 Å². The van der Waals surface area contributed by atoms with Gasteiger partial charge >= 0.3 is 0 Å². The molecule has 0 aliphatic rings. The third-order valence-electron chi connectivity index (χ3n) is 3.94. The van der Waals surface area contributed by atoms with Crippen LogP contribution in [-0.2, 0) is 23.0 Å². The largest absolute Gasteiger partial charge is 0.496 e. The Hall–Kier alpha value is -2.01. The van der Waals surface area contributed by atoms with Crippen LogP contribution in [0.25, 0.3) is 0 Å². The van der Waals surface area contributed by atoms with Crippen molar-refractivity contribution in [1.82, 2.24) is 10.6 Å². The molecule has 0 atom stereocenters. The highest BCUT2D eigenvalue weighted by atomic mass is 127. The number of hydrogen-bond acceptors (Lipinski definition) is 4. The van der Waals surface area contributed by atoms with Gasteiger partial charge in [0, 0.05) is 13.1 Å². The van der Waals surface area contributed by atoms with E-state index < -0.39 is 10.0 Å². The highest BCUT2D eigenvalue weighted by molar-refractivity contribution is 14.0. The van der Waals surface area contributed by atoms with Crippen molar-refractivity contribution in [1.29, 1.82) is 0 Å². The van der Waals surface area contributed by atoms with Crippen LogP contribution in [0.4, 0.5) is 5.69 Å². The fraction of sp³-hybridized carbons (Fsp3) is 0.350. The lowest BCUT2D eigenvalue weighted by Gasteiger charge is -2.13. The number of methoxy groups -OCH3 is 1. The second kappa shape index (κ2) is 12.5. The third kappa shape index (κ3) is 8.90. The summed E-state index contributed by atoms with van der Waals surface area (Å²) in [7, 11) is -1.68. The van der Waals surface area contributed by atoms with Crippen LogP contribution in [0.15, 0.2) is 53.5 Å². The summed E-state index contributed by atoms with van der Waals surface area (Å²) >= 11 is 0. The van der Waals surface area contributed by atoms with Crippen molar-refractivity contribution in [3.8, 4) is 5.75 Å². The van der Waals surface area contributed by atoms with Gasteiger partial charge in [0.2, 0.25) is 10.0 Å². The molecule has 0 heterocycles. The molecule has 0 saturated heterocycles. The van der Waals surface area contributed by atoms with Gasteiger partial charge in [-0.15, -0.1) is 24.0 Å². The number of benzene rings is 2. The van der Waals surface area contributed by atoms with E-state index in [0.29, 0.717) is 24.7 Å². The molecule has 0 radical (unpaired) electrons. The molecule has 0 unspecified atom stereocenters. The summed E-state index contributed by atoms with van der Waals surface area (Å²) in [6, 6.07) is 15.2. The smallest absolute Gasteiger partial charge is 0.229 e. The minimum atomic E-state index is -3.34. The Labute approximate surface area is 190 Å². The quantitative estimate of drug-likeness (QED) is 0.263. The minimum absolute atomic E-state index is 0. The van der Waals surface area contributed by atoms with E-state index in [1.165, 1.54) is 0 Å². The molecule has 2 rings (SSSR count). The zero-order valence-electron chi connectivity index (χ0n) is 16.9. The van der Waals surface area contributed by atoms with Crippen LogP contribution in [0.2, 0.25) is 0 Å². The van der Waals surface area contributed by atoms with E-state index in [-0.39, 0.29) is 24.0 Å². The predicted molar refractivity (Wildman–Crippen MR) is 130 cm³/mol. The fourth-order valence-corrected chi connectivity index (χ4v) is 3.29. The molecule has 0 spiro atoms. The molecule has 29 heavy (non-hydrogen) atoms. The molecule has 160 valence electrons. The van der Waals surface area contributed by atoms with Crippen LogP contribution in [0.5, 0.6) is 5.75 Å². The normalized spacial score (nSPS) is 11.3. The summed E-state index contributed by atoms with van der Waals surface area (Å²) in [5.41, 5.74) is 2.46. The van der Waals surface area contributed by atoms with Gasteiger partial charge in [0.05, 0.1) is 25.6 Å². The molecule has 0 aliphatic carbocycles. The first-order chi connectivity index (χ1) is 13.4. The minimum Gasteiger partial charge on any atom is -0.496 e. The van der Waals surface area contributed by atoms with Gasteiger partial charge in [0.15, 0.2) is 5.96 Å². The first-order valence-electron chi connectivity index (χ1n) is 9.12. The molecule has 0 amide bonds. The van der Waals surface area contributed by atoms with Gasteiger partial charge < -0.3 is 15.4 Å². The van der Waals surface area contributed by atoms with Crippen LogP contribution >= 0.6 is 24.0 Å². The molecule has 3 N–H and O–H groups in total. The Balaban J connectivity index is 0.00000420. The Kier molecular flexibility index (Phi) is 10.8. The maximum absolute atomic E-state index is 11.5. The second-order valence-electron chi connectivity index (χ2n) is 6.22. The van der Waals surface area contributed by atoms with Crippen molar-refractivity contribution in [3.05, 3.63) is 59.7 Å². The third-order valence-corrected chi connectivity index (χ3v) is 4.53. The van der Waals surface area contributed by atoms with E-state index in [4.69, 9.17) is 4.74 Å². The molecule has 9 heteroatoms. The fourth-order valence-electron chi connectivity index (χ4n) is 2.69. The maximum Gasteiger partial charge on any atom is 0.229 e. The first-order valence-corrected chi connectivity index (χ1v) is 11.0. The summed E-state index contributed by atoms with van der Waals surface area (Å²) in [4.78, 5) is 4.58. The average Bonchev–Trinajstić information content (AvgIpc) is 2.66. The van der Waals surface area contributed by atoms with E-state index >= 15 is 0 Å². The Morgan fingerprint density at radius 1 is 1.03 bits per heavy atom. The highest BCUT2D eigenvalue weighted by Gasteiger charge is 2.07. The highest BCUT2D eigenvalue weighted by Crippen LogP contribution is 2.18. The molecule has 7 nitrogen and oxygen atoms in total. The molecule has 0 bridgehead atoms. The predicted octanol–water partition coefficient (Wildman–Crippen LogP) is 2.98. The summed E-state index contributed by atoms with van der Waals surface area (Å²) in [5, 5.41) is 6.51. The van der Waals surface area contributed by atoms with Gasteiger partial charge in [0.25, 0.3) is 0 Å². The molecule has 2 aromatic carbocycles. The van der Waals surface area contributed by atoms with Crippen LogP contribution in [0.1, 0.15) is 18.1 Å². The lowest BCUT2D eigenvalue weighted by molar-refractivity contribution is 0.409. The van der Waals surface area contributed by atoms with Crippen LogP contribution in [0, 0.1) is 0 Å². The van der Waals surface area contributed by atoms with Crippen LogP contribution in [-0.4, -0.2) is 40.8 Å². The van der Waals surface area contributed by atoms with E-state index in [1.807, 2.05) is 43.3 Å². The molecule has 0 saturated carbocycles. The standard InChI is InChI=1S/C20H28N4O3S.HI/c1-4-21-20(22-14-13-16-9-6-8-12-19(16)27-2)23-15-17-10-5-7-11-18(17)24-28(3,25)26;/h5-12,24H,4,13-15H2,1-3H3,(H2,21,22,23);1H. The first kappa shape index (κ1) is 25.0. The number of sulfonamides is 1. The number of anilines is 1. The van der Waals surface area contributed by atoms with Crippen molar-refractivity contribution < 1.29 is 13.2 Å². The van der Waals surface area contributed by atoms with Crippen molar-refractivity contribution in [3.63, 3.8) is 0 Å². The SMILES string of the molecule is CCNC(=NCc1ccccc1NS(C)(=O)=O)NCCc1ccccc1OC.I. The number of rotatable bonds is 9. The number of guanidine groups is 1. The summed E-state index contributed by atoms with van der Waals surface area (Å²) in [6.07, 6.45) is 1.93. The number of halogens is 1. The summed E-state index contributed by atoms with van der Waals surface area (Å²) in [6.45, 7) is 3.76. The van der Waals surface area contributed by atoms with Crippen molar-refractivity contribution >= 4 is 45.6 Å².